The van der Waals surface area contributed by atoms with Crippen molar-refractivity contribution in [2.45, 2.75) is 97.3 Å². The number of nitrogens with one attached hydrogen (secondary N) is 1. The average Bonchev–Trinajstić information content (AvgIpc) is 2.82. The Labute approximate surface area is 212 Å². The molecule has 0 heterocycles. The van der Waals surface area contributed by atoms with Crippen LogP contribution in [0.4, 0.5) is 0 Å². The maximum atomic E-state index is 4.15. The summed E-state index contributed by atoms with van der Waals surface area (Å²) in [6.07, 6.45) is 13.6. The zero-order chi connectivity index (χ0) is 25.6. The van der Waals surface area contributed by atoms with Crippen LogP contribution in [0.5, 0.6) is 0 Å². The number of hydrogen-bond donors (Lipinski definition) is 1. The van der Waals surface area contributed by atoms with E-state index in [0.29, 0.717) is 0 Å². The molecule has 0 aromatic rings. The molecule has 1 rings (SSSR count). The number of hydrogen-bond acceptors (Lipinski definition) is 6. The van der Waals surface area contributed by atoms with Crippen LogP contribution in [0.2, 0.25) is 0 Å². The fourth-order valence-electron chi connectivity index (χ4n) is 6.14. The molecule has 0 amide bonds. The molecule has 0 aromatic carbocycles. The van der Waals surface area contributed by atoms with Crippen LogP contribution in [0.15, 0.2) is 25.3 Å². The van der Waals surface area contributed by atoms with E-state index in [-0.39, 0.29) is 11.3 Å². The first-order valence-corrected chi connectivity index (χ1v) is 14.1. The predicted molar refractivity (Wildman–Crippen MR) is 149 cm³/mol. The lowest BCUT2D eigenvalue weighted by atomic mass is 9.75. The summed E-state index contributed by atoms with van der Waals surface area (Å²) in [5, 5.41) is 12.0. The van der Waals surface area contributed by atoms with E-state index in [4.69, 9.17) is 0 Å². The third kappa shape index (κ3) is 6.71. The molecule has 1 saturated carbocycles. The molecule has 200 valence electrons. The average molecular weight is 479 g/mol. The maximum absolute atomic E-state index is 4.15. The number of rotatable bonds is 19. The van der Waals surface area contributed by atoms with Crippen LogP contribution in [-0.2, 0) is 0 Å². The second kappa shape index (κ2) is 16.1. The summed E-state index contributed by atoms with van der Waals surface area (Å²) in [5.41, 5.74) is -0.398. The smallest absolute Gasteiger partial charge is 0.135 e. The Bertz CT molecular complexity index is 541. The molecular weight excluding hydrogens is 420 g/mol. The van der Waals surface area contributed by atoms with Gasteiger partial charge in [0.15, 0.2) is 0 Å². The second-order valence-corrected chi connectivity index (χ2v) is 9.88. The molecule has 1 fully saturated rings. The van der Waals surface area contributed by atoms with Gasteiger partial charge in [0.25, 0.3) is 0 Å². The van der Waals surface area contributed by atoms with Gasteiger partial charge in [-0.05, 0) is 65.8 Å². The van der Waals surface area contributed by atoms with Crippen LogP contribution < -0.4 is 5.32 Å². The minimum absolute atomic E-state index is 0.177. The van der Waals surface area contributed by atoms with Crippen molar-refractivity contribution in [3.8, 4) is 0 Å². The molecule has 6 nitrogen and oxygen atoms in total. The Morgan fingerprint density at radius 3 is 1.74 bits per heavy atom. The molecule has 0 aliphatic heterocycles. The predicted octanol–water partition coefficient (Wildman–Crippen LogP) is 5.17. The van der Waals surface area contributed by atoms with Crippen LogP contribution in [-0.4, -0.2) is 96.2 Å². The topological polar surface area (TPSA) is 28.2 Å². The van der Waals surface area contributed by atoms with Crippen molar-refractivity contribution >= 4 is 0 Å². The largest absolute Gasteiger partial charge is 0.297 e. The van der Waals surface area contributed by atoms with Crippen molar-refractivity contribution in [3.63, 3.8) is 0 Å². The Morgan fingerprint density at radius 1 is 0.794 bits per heavy atom. The first kappa shape index (κ1) is 31.3. The van der Waals surface area contributed by atoms with Crippen LogP contribution in [0.3, 0.4) is 0 Å². The van der Waals surface area contributed by atoms with Crippen molar-refractivity contribution in [2.75, 3.05) is 59.9 Å². The van der Waals surface area contributed by atoms with Crippen molar-refractivity contribution in [2.24, 2.45) is 0 Å². The van der Waals surface area contributed by atoms with Gasteiger partial charge in [-0.1, -0.05) is 66.0 Å². The van der Waals surface area contributed by atoms with Gasteiger partial charge in [-0.25, -0.2) is 10.0 Å². The van der Waals surface area contributed by atoms with Crippen LogP contribution >= 0.6 is 0 Å². The summed E-state index contributed by atoms with van der Waals surface area (Å²) in [6.45, 7) is 26.5. The van der Waals surface area contributed by atoms with Crippen molar-refractivity contribution in [1.82, 2.24) is 30.3 Å². The SMILES string of the molecule is C=CCN(CC=C)N(N(CCCC)CCCC)C1(N(CC)CC)CCCCC1(NCC)N(C)C. The third-order valence-electron chi connectivity index (χ3n) is 7.58. The highest BCUT2D eigenvalue weighted by molar-refractivity contribution is 5.11. The highest BCUT2D eigenvalue weighted by Crippen LogP contribution is 2.47. The van der Waals surface area contributed by atoms with Crippen molar-refractivity contribution in [3.05, 3.63) is 25.3 Å². The van der Waals surface area contributed by atoms with Crippen molar-refractivity contribution < 1.29 is 0 Å². The molecule has 0 radical (unpaired) electrons. The standard InChI is InChI=1S/C28H58N6/c1-10-17-25-33(26-18-11-2)34(32(23-12-3)24-13-4)28(31(15-6)16-7)22-20-19-21-27(28,29-14-5)30(8)9/h12-13,29H,3-4,10-11,14-26H2,1-2,5-9H3. The lowest BCUT2D eigenvalue weighted by Gasteiger charge is -2.67. The summed E-state index contributed by atoms with van der Waals surface area (Å²) in [4.78, 5) is 5.22. The number of hydrazine groups is 2. The molecule has 2 atom stereocenters. The van der Waals surface area contributed by atoms with Gasteiger partial charge in [-0.2, -0.15) is 5.12 Å². The minimum atomic E-state index is -0.220. The van der Waals surface area contributed by atoms with E-state index in [1.807, 2.05) is 0 Å². The monoisotopic (exact) mass is 478 g/mol. The molecule has 1 N–H and O–H groups in total. The van der Waals surface area contributed by atoms with Gasteiger partial charge < -0.3 is 0 Å². The molecule has 0 aromatic heterocycles. The summed E-state index contributed by atoms with van der Waals surface area (Å²) in [5.74, 6) is 0. The highest BCUT2D eigenvalue weighted by atomic mass is 15.9. The van der Waals surface area contributed by atoms with Gasteiger partial charge in [-0.3, -0.25) is 15.1 Å². The van der Waals surface area contributed by atoms with Crippen molar-refractivity contribution in [1.29, 1.82) is 0 Å². The number of nitrogens with zero attached hydrogens (tertiary/aromatic N) is 5. The van der Waals surface area contributed by atoms with E-state index >= 15 is 0 Å². The Kier molecular flexibility index (Phi) is 14.8. The highest BCUT2D eigenvalue weighted by Gasteiger charge is 2.62. The lowest BCUT2D eigenvalue weighted by molar-refractivity contribution is -0.332. The van der Waals surface area contributed by atoms with E-state index in [1.54, 1.807) is 0 Å². The molecule has 34 heavy (non-hydrogen) atoms. The van der Waals surface area contributed by atoms with E-state index < -0.39 is 0 Å². The minimum Gasteiger partial charge on any atom is -0.297 e. The van der Waals surface area contributed by atoms with Gasteiger partial charge >= 0.3 is 0 Å². The van der Waals surface area contributed by atoms with Gasteiger partial charge in [0.05, 0.1) is 0 Å². The van der Waals surface area contributed by atoms with Gasteiger partial charge in [0.2, 0.25) is 0 Å². The Balaban J connectivity index is 3.97. The fourth-order valence-corrected chi connectivity index (χ4v) is 6.14. The molecule has 6 heteroatoms. The van der Waals surface area contributed by atoms with Gasteiger partial charge in [0, 0.05) is 26.2 Å². The zero-order valence-corrected chi connectivity index (χ0v) is 23.9. The van der Waals surface area contributed by atoms with Crippen LogP contribution in [0, 0.1) is 0 Å². The lowest BCUT2D eigenvalue weighted by Crippen LogP contribution is -2.85. The summed E-state index contributed by atoms with van der Waals surface area (Å²) < 4.78 is 0. The van der Waals surface area contributed by atoms with E-state index in [1.165, 1.54) is 38.5 Å². The third-order valence-corrected chi connectivity index (χ3v) is 7.58. The van der Waals surface area contributed by atoms with E-state index in [9.17, 15) is 0 Å². The Hall–Kier alpha value is -0.760. The van der Waals surface area contributed by atoms with Crippen LogP contribution in [0.1, 0.15) is 86.0 Å². The number of unbranched alkanes of at least 4 members (excludes halogenated alkanes) is 2. The normalized spacial score (nSPS) is 23.5. The maximum Gasteiger partial charge on any atom is 0.135 e. The van der Waals surface area contributed by atoms with Crippen LogP contribution in [0.25, 0.3) is 0 Å². The quantitative estimate of drug-likeness (QED) is 0.156. The van der Waals surface area contributed by atoms with Gasteiger partial charge in [0.1, 0.15) is 11.3 Å². The fraction of sp³-hybridized carbons (Fsp3) is 0.857. The molecule has 0 spiro atoms. The summed E-state index contributed by atoms with van der Waals surface area (Å²) in [7, 11) is 4.55. The molecule has 2 unspecified atom stereocenters. The Morgan fingerprint density at radius 2 is 1.32 bits per heavy atom. The second-order valence-electron chi connectivity index (χ2n) is 9.88. The first-order valence-electron chi connectivity index (χ1n) is 14.1. The molecule has 1 aliphatic rings. The molecule has 1 aliphatic carbocycles. The molecular formula is C28H58N6. The van der Waals surface area contributed by atoms with Gasteiger partial charge in [-0.15, -0.1) is 13.2 Å². The van der Waals surface area contributed by atoms with E-state index in [2.05, 4.69) is 104 Å². The zero-order valence-electron chi connectivity index (χ0n) is 23.9. The van der Waals surface area contributed by atoms with E-state index in [0.717, 1.165) is 58.7 Å². The summed E-state index contributed by atoms with van der Waals surface area (Å²) >= 11 is 0. The molecule has 0 bridgehead atoms. The number of likely N-dealkylation sites (N-methyl/N-ethyl adjacent to an activating group) is 3. The summed E-state index contributed by atoms with van der Waals surface area (Å²) in [6, 6.07) is 0. The molecule has 0 saturated heterocycles. The first-order chi connectivity index (χ1) is 16.4.